The van der Waals surface area contributed by atoms with Gasteiger partial charge in [0.2, 0.25) is 5.36 Å². The zero-order chi connectivity index (χ0) is 13.6. The Bertz CT molecular complexity index is 816. The Balaban J connectivity index is 2.52. The summed E-state index contributed by atoms with van der Waals surface area (Å²) in [7, 11) is -1.22. The van der Waals surface area contributed by atoms with Crippen molar-refractivity contribution in [2.24, 2.45) is 5.92 Å². The van der Waals surface area contributed by atoms with Crippen molar-refractivity contribution in [1.29, 1.82) is 0 Å². The van der Waals surface area contributed by atoms with E-state index < -0.39 is 9.84 Å². The van der Waals surface area contributed by atoms with Crippen LogP contribution in [0.25, 0.3) is 4.91 Å². The van der Waals surface area contributed by atoms with Gasteiger partial charge in [-0.15, -0.1) is 0 Å². The second-order valence-corrected chi connectivity index (χ2v) is 7.03. The van der Waals surface area contributed by atoms with Crippen molar-refractivity contribution < 1.29 is 8.42 Å². The summed E-state index contributed by atoms with van der Waals surface area (Å²) in [6, 6.07) is 7.77. The quantitative estimate of drug-likeness (QED) is 0.680. The Morgan fingerprint density at radius 1 is 1.11 bits per heavy atom. The second kappa shape index (κ2) is 4.17. The summed E-state index contributed by atoms with van der Waals surface area (Å²) < 4.78 is 26.5. The molecule has 0 N–H and O–H groups in total. The Morgan fingerprint density at radius 3 is 2.53 bits per heavy atom. The van der Waals surface area contributed by atoms with Gasteiger partial charge in [-0.3, -0.25) is 0 Å². The van der Waals surface area contributed by atoms with Gasteiger partial charge in [0.05, 0.1) is 16.0 Å². The van der Waals surface area contributed by atoms with Crippen LogP contribution in [0.5, 0.6) is 0 Å². The van der Waals surface area contributed by atoms with E-state index in [4.69, 9.17) is 0 Å². The highest BCUT2D eigenvalue weighted by Crippen LogP contribution is 2.27. The van der Waals surface area contributed by atoms with Gasteiger partial charge in [-0.05, 0) is 12.1 Å². The van der Waals surface area contributed by atoms with E-state index in [2.05, 4.69) is 10.7 Å². The molecule has 3 rings (SSSR count). The van der Waals surface area contributed by atoms with Gasteiger partial charge in [0.1, 0.15) is 7.05 Å². The van der Waals surface area contributed by atoms with E-state index >= 15 is 0 Å². The molecule has 0 saturated carbocycles. The number of sulfone groups is 1. The molecule has 0 radical (unpaired) electrons. The lowest BCUT2D eigenvalue weighted by atomic mass is 9.91. The molecule has 1 aromatic carbocycles. The fourth-order valence-electron chi connectivity index (χ4n) is 2.98. The van der Waals surface area contributed by atoms with Crippen molar-refractivity contribution in [2.45, 2.75) is 6.04 Å². The molecule has 1 unspecified atom stereocenters. The average Bonchev–Trinajstić information content (AvgIpc) is 2.38. The van der Waals surface area contributed by atoms with E-state index in [0.29, 0.717) is 4.91 Å². The molecule has 3 nitrogen and oxygen atoms in total. The summed E-state index contributed by atoms with van der Waals surface area (Å²) >= 11 is 0. The first-order chi connectivity index (χ1) is 9.00. The third kappa shape index (κ3) is 1.87. The van der Waals surface area contributed by atoms with E-state index in [1.165, 1.54) is 6.26 Å². The van der Waals surface area contributed by atoms with E-state index in [9.17, 15) is 8.42 Å². The van der Waals surface area contributed by atoms with Gasteiger partial charge in [-0.25, -0.2) is 13.0 Å². The molecule has 19 heavy (non-hydrogen) atoms. The number of allylic oxidation sites excluding steroid dienone is 2. The van der Waals surface area contributed by atoms with E-state index in [1.807, 2.05) is 49.5 Å². The minimum atomic E-state index is -3.23. The highest BCUT2D eigenvalue weighted by molar-refractivity contribution is 7.99. The molecule has 1 heterocycles. The molecule has 1 aliphatic carbocycles. The molecule has 1 aliphatic heterocycles. The number of hydrogen-bond donors (Lipinski definition) is 0. The molecule has 4 heteroatoms. The molecule has 0 bridgehead atoms. The zero-order valence-electron chi connectivity index (χ0n) is 10.9. The lowest BCUT2D eigenvalue weighted by Gasteiger charge is -2.25. The first-order valence-corrected chi connectivity index (χ1v) is 8.13. The van der Waals surface area contributed by atoms with Crippen molar-refractivity contribution >= 4 is 14.7 Å². The molecular formula is C15H16NO2S+. The molecule has 0 aromatic heterocycles. The van der Waals surface area contributed by atoms with Gasteiger partial charge in [0, 0.05) is 12.3 Å². The smallest absolute Gasteiger partial charge is 0.208 e. The molecule has 0 amide bonds. The highest BCUT2D eigenvalue weighted by atomic mass is 32.2. The number of fused-ring (bicyclic) bond motifs is 2. The number of para-hydroxylation sites is 1. The van der Waals surface area contributed by atoms with Crippen LogP contribution in [0.3, 0.4) is 0 Å². The van der Waals surface area contributed by atoms with E-state index in [0.717, 1.165) is 10.6 Å². The Hall–Kier alpha value is -1.68. The van der Waals surface area contributed by atoms with E-state index in [-0.39, 0.29) is 12.0 Å². The largest absolute Gasteiger partial charge is 0.225 e. The average molecular weight is 274 g/mol. The fraction of sp³-hybridized carbons (Fsp3) is 0.267. The predicted molar refractivity (Wildman–Crippen MR) is 76.7 cm³/mol. The molecule has 0 fully saturated rings. The topological polar surface area (TPSA) is 37.1 Å². The monoisotopic (exact) mass is 274 g/mol. The summed E-state index contributed by atoms with van der Waals surface area (Å²) in [4.78, 5) is 0.534. The lowest BCUT2D eigenvalue weighted by molar-refractivity contribution is 0.495. The summed E-state index contributed by atoms with van der Waals surface area (Å²) in [6.07, 6.45) is 9.24. The van der Waals surface area contributed by atoms with Crippen LogP contribution in [0.2, 0.25) is 0 Å². The fourth-order valence-corrected chi connectivity index (χ4v) is 4.27. The minimum Gasteiger partial charge on any atom is -0.225 e. The molecular weight excluding hydrogens is 258 g/mol. The van der Waals surface area contributed by atoms with Gasteiger partial charge in [0.15, 0.2) is 15.9 Å². The van der Waals surface area contributed by atoms with Crippen molar-refractivity contribution in [2.75, 3.05) is 13.3 Å². The molecule has 98 valence electrons. The minimum absolute atomic E-state index is 0.0737. The van der Waals surface area contributed by atoms with Crippen molar-refractivity contribution in [1.82, 2.24) is 4.58 Å². The van der Waals surface area contributed by atoms with Crippen LogP contribution in [0.1, 0.15) is 0 Å². The third-order valence-electron chi connectivity index (χ3n) is 3.80. The van der Waals surface area contributed by atoms with Crippen molar-refractivity contribution in [3.05, 3.63) is 59.1 Å². The maximum Gasteiger partial charge on any atom is 0.208 e. The van der Waals surface area contributed by atoms with Crippen LogP contribution < -0.4 is 15.2 Å². The Morgan fingerprint density at radius 2 is 1.79 bits per heavy atom. The van der Waals surface area contributed by atoms with Crippen LogP contribution in [0.4, 0.5) is 0 Å². The van der Waals surface area contributed by atoms with E-state index in [1.54, 1.807) is 0 Å². The van der Waals surface area contributed by atoms with Crippen LogP contribution >= 0.6 is 0 Å². The van der Waals surface area contributed by atoms with Crippen LogP contribution in [-0.4, -0.2) is 27.8 Å². The summed E-state index contributed by atoms with van der Waals surface area (Å²) in [5.74, 6) is -0.0973. The SMILES string of the molecule is C[N+]1=c2ccccc2=C(S(C)(=O)=O)C2C=CC=C[C@@H]21. The van der Waals surface area contributed by atoms with Gasteiger partial charge >= 0.3 is 0 Å². The second-order valence-electron chi connectivity index (χ2n) is 5.05. The molecule has 0 spiro atoms. The van der Waals surface area contributed by atoms with Crippen LogP contribution in [0, 0.1) is 5.92 Å². The molecule has 2 aliphatic rings. The number of rotatable bonds is 1. The van der Waals surface area contributed by atoms with Crippen LogP contribution in [0.15, 0.2) is 48.6 Å². The normalized spacial score (nSPS) is 25.2. The first kappa shape index (κ1) is 12.4. The molecule has 1 aromatic rings. The Kier molecular flexibility index (Phi) is 2.71. The first-order valence-electron chi connectivity index (χ1n) is 6.24. The zero-order valence-corrected chi connectivity index (χ0v) is 11.8. The van der Waals surface area contributed by atoms with Crippen LogP contribution in [-0.2, 0) is 9.84 Å². The third-order valence-corrected chi connectivity index (χ3v) is 5.10. The van der Waals surface area contributed by atoms with Crippen molar-refractivity contribution in [3.8, 4) is 0 Å². The van der Waals surface area contributed by atoms with Gasteiger partial charge in [0.25, 0.3) is 0 Å². The predicted octanol–water partition coefficient (Wildman–Crippen LogP) is 0.0847. The summed E-state index contributed by atoms with van der Waals surface area (Å²) in [5.41, 5.74) is 0. The maximum absolute atomic E-state index is 12.2. The van der Waals surface area contributed by atoms with Gasteiger partial charge < -0.3 is 0 Å². The standard InChI is InChI=1S/C15H16NO2S/c1-16-13-9-5-3-7-11(13)15(19(2,17)18)12-8-4-6-10-14(12)16/h3-11,13H,1-2H3/q+1/t11?,13-/m0/s1. The maximum atomic E-state index is 12.2. The number of likely N-dealkylation sites (N-methyl/N-ethyl adjacent to an activating group) is 1. The number of benzene rings is 1. The summed E-state index contributed by atoms with van der Waals surface area (Å²) in [5, 5.41) is 1.80. The lowest BCUT2D eigenvalue weighted by Crippen LogP contribution is -2.53. The molecule has 0 saturated heterocycles. The summed E-state index contributed by atoms with van der Waals surface area (Å²) in [6.45, 7) is 0. The highest BCUT2D eigenvalue weighted by Gasteiger charge is 2.37. The number of hydrogen-bond acceptors (Lipinski definition) is 2. The molecule has 2 atom stereocenters. The van der Waals surface area contributed by atoms with Crippen molar-refractivity contribution in [3.63, 3.8) is 0 Å². The van der Waals surface area contributed by atoms with Gasteiger partial charge in [-0.1, -0.05) is 30.4 Å². The Labute approximate surface area is 112 Å². The number of nitrogens with zero attached hydrogens (tertiary/aromatic N) is 1. The van der Waals surface area contributed by atoms with Gasteiger partial charge in [-0.2, -0.15) is 0 Å².